The van der Waals surface area contributed by atoms with Gasteiger partial charge in [-0.25, -0.2) is 4.39 Å². The molecule has 3 rings (SSSR count). The van der Waals surface area contributed by atoms with Gasteiger partial charge in [0.1, 0.15) is 12.4 Å². The Morgan fingerprint density at radius 1 is 1.20 bits per heavy atom. The Bertz CT molecular complexity index is 873. The van der Waals surface area contributed by atoms with Crippen LogP contribution in [0.3, 0.4) is 0 Å². The lowest BCUT2D eigenvalue weighted by Gasteiger charge is -2.05. The van der Waals surface area contributed by atoms with E-state index in [0.717, 1.165) is 5.56 Å². The Labute approximate surface area is 144 Å². The number of hydrogen-bond acceptors (Lipinski definition) is 4. The lowest BCUT2D eigenvalue weighted by atomic mass is 10.0. The molecule has 0 atom stereocenters. The molecule has 6 nitrogen and oxygen atoms in total. The maximum Gasteiger partial charge on any atom is 0.248 e. The zero-order valence-electron chi connectivity index (χ0n) is 14.0. The van der Waals surface area contributed by atoms with E-state index in [1.54, 1.807) is 6.07 Å². The van der Waals surface area contributed by atoms with Gasteiger partial charge in [-0.05, 0) is 34.9 Å². The van der Waals surface area contributed by atoms with Crippen molar-refractivity contribution in [1.82, 2.24) is 20.2 Å². The molecule has 0 fully saturated rings. The fourth-order valence-electron chi connectivity index (χ4n) is 2.34. The topological polar surface area (TPSA) is 72.7 Å². The van der Waals surface area contributed by atoms with E-state index in [9.17, 15) is 9.18 Å². The predicted octanol–water partition coefficient (Wildman–Crippen LogP) is 3.24. The number of benzene rings is 2. The van der Waals surface area contributed by atoms with Crippen LogP contribution in [0.25, 0.3) is 11.4 Å². The molecule has 1 heterocycles. The second-order valence-corrected chi connectivity index (χ2v) is 5.98. The van der Waals surface area contributed by atoms with E-state index in [1.807, 2.05) is 24.3 Å². The summed E-state index contributed by atoms with van der Waals surface area (Å²) < 4.78 is 13.1. The van der Waals surface area contributed by atoms with Crippen LogP contribution in [0.1, 0.15) is 25.3 Å². The van der Waals surface area contributed by atoms with E-state index >= 15 is 0 Å². The predicted molar refractivity (Wildman–Crippen MR) is 92.4 cm³/mol. The Morgan fingerprint density at radius 3 is 2.64 bits per heavy atom. The number of nitrogens with one attached hydrogen (secondary N) is 1. The molecule has 1 aromatic heterocycles. The monoisotopic (exact) mass is 339 g/mol. The second kappa shape index (κ2) is 7.21. The number of amides is 1. The third-order valence-electron chi connectivity index (χ3n) is 3.68. The first kappa shape index (κ1) is 16.8. The summed E-state index contributed by atoms with van der Waals surface area (Å²) in [5, 5.41) is 14.7. The molecule has 7 heteroatoms. The minimum atomic E-state index is -0.413. The van der Waals surface area contributed by atoms with E-state index < -0.39 is 5.82 Å². The molecule has 0 aliphatic rings. The van der Waals surface area contributed by atoms with Crippen LogP contribution >= 0.6 is 0 Å². The van der Waals surface area contributed by atoms with Gasteiger partial charge in [0.2, 0.25) is 11.7 Å². The summed E-state index contributed by atoms with van der Waals surface area (Å²) >= 11 is 0. The standard InChI is InChI=1S/C18H18FN5O/c1-12(2)13-6-8-14(9-7-13)18-21-23-24(22-18)11-17(25)20-16-5-3-4-15(19)10-16/h3-10,12H,11H2,1-2H3,(H,20,25). The van der Waals surface area contributed by atoms with Crippen LogP contribution in [-0.2, 0) is 11.3 Å². The maximum absolute atomic E-state index is 13.1. The van der Waals surface area contributed by atoms with Crippen LogP contribution in [0.5, 0.6) is 0 Å². The van der Waals surface area contributed by atoms with Crippen molar-refractivity contribution < 1.29 is 9.18 Å². The van der Waals surface area contributed by atoms with Gasteiger partial charge in [-0.1, -0.05) is 44.2 Å². The van der Waals surface area contributed by atoms with Crippen molar-refractivity contribution in [2.24, 2.45) is 0 Å². The molecule has 0 radical (unpaired) electrons. The number of aromatic nitrogens is 4. The molecule has 0 spiro atoms. The van der Waals surface area contributed by atoms with E-state index in [2.05, 4.69) is 34.6 Å². The van der Waals surface area contributed by atoms with Gasteiger partial charge in [-0.15, -0.1) is 10.2 Å². The number of hydrogen-bond donors (Lipinski definition) is 1. The highest BCUT2D eigenvalue weighted by molar-refractivity contribution is 5.90. The number of tetrazole rings is 1. The number of carbonyl (C=O) groups is 1. The summed E-state index contributed by atoms with van der Waals surface area (Å²) in [5.74, 6) is 0.131. The first-order chi connectivity index (χ1) is 12.0. The third-order valence-corrected chi connectivity index (χ3v) is 3.68. The second-order valence-electron chi connectivity index (χ2n) is 5.98. The summed E-state index contributed by atoms with van der Waals surface area (Å²) in [5.41, 5.74) is 2.45. The van der Waals surface area contributed by atoms with Gasteiger partial charge < -0.3 is 5.32 Å². The molecule has 2 aromatic carbocycles. The molecule has 25 heavy (non-hydrogen) atoms. The van der Waals surface area contributed by atoms with E-state index in [1.165, 1.54) is 28.6 Å². The molecular weight excluding hydrogens is 321 g/mol. The third kappa shape index (κ3) is 4.26. The molecule has 0 bridgehead atoms. The van der Waals surface area contributed by atoms with Crippen LogP contribution in [0.2, 0.25) is 0 Å². The van der Waals surface area contributed by atoms with Crippen LogP contribution < -0.4 is 5.32 Å². The minimum absolute atomic E-state index is 0.104. The highest BCUT2D eigenvalue weighted by Gasteiger charge is 2.10. The van der Waals surface area contributed by atoms with E-state index in [0.29, 0.717) is 17.4 Å². The van der Waals surface area contributed by atoms with Gasteiger partial charge in [0, 0.05) is 11.3 Å². The number of nitrogens with zero attached hydrogens (tertiary/aromatic N) is 4. The lowest BCUT2D eigenvalue weighted by Crippen LogP contribution is -2.20. The normalized spacial score (nSPS) is 10.9. The summed E-state index contributed by atoms with van der Waals surface area (Å²) in [6.07, 6.45) is 0. The van der Waals surface area contributed by atoms with Crippen molar-refractivity contribution in [2.75, 3.05) is 5.32 Å². The average molecular weight is 339 g/mol. The fourth-order valence-corrected chi connectivity index (χ4v) is 2.34. The molecule has 0 aliphatic carbocycles. The van der Waals surface area contributed by atoms with Crippen LogP contribution in [0.4, 0.5) is 10.1 Å². The fraction of sp³-hybridized carbons (Fsp3) is 0.222. The Balaban J connectivity index is 1.66. The van der Waals surface area contributed by atoms with Gasteiger partial charge in [-0.3, -0.25) is 4.79 Å². The van der Waals surface area contributed by atoms with Crippen molar-refractivity contribution in [3.8, 4) is 11.4 Å². The van der Waals surface area contributed by atoms with Crippen molar-refractivity contribution in [2.45, 2.75) is 26.3 Å². The number of halogens is 1. The summed E-state index contributed by atoms with van der Waals surface area (Å²) in [6, 6.07) is 13.6. The molecule has 0 saturated heterocycles. The largest absolute Gasteiger partial charge is 0.324 e. The first-order valence-corrected chi connectivity index (χ1v) is 7.95. The molecule has 0 saturated carbocycles. The zero-order valence-corrected chi connectivity index (χ0v) is 14.0. The number of rotatable bonds is 5. The maximum atomic E-state index is 13.1. The van der Waals surface area contributed by atoms with Crippen molar-refractivity contribution in [3.05, 3.63) is 59.9 Å². The zero-order chi connectivity index (χ0) is 17.8. The quantitative estimate of drug-likeness (QED) is 0.774. The van der Waals surface area contributed by atoms with Crippen molar-refractivity contribution >= 4 is 11.6 Å². The van der Waals surface area contributed by atoms with E-state index in [-0.39, 0.29) is 12.5 Å². The first-order valence-electron chi connectivity index (χ1n) is 7.95. The number of carbonyl (C=O) groups excluding carboxylic acids is 1. The van der Waals surface area contributed by atoms with Crippen molar-refractivity contribution in [3.63, 3.8) is 0 Å². The van der Waals surface area contributed by atoms with E-state index in [4.69, 9.17) is 0 Å². The van der Waals surface area contributed by atoms with Gasteiger partial charge >= 0.3 is 0 Å². The molecule has 1 N–H and O–H groups in total. The van der Waals surface area contributed by atoms with Crippen molar-refractivity contribution in [1.29, 1.82) is 0 Å². The van der Waals surface area contributed by atoms with Gasteiger partial charge in [0.05, 0.1) is 0 Å². The van der Waals surface area contributed by atoms with Gasteiger partial charge in [0.15, 0.2) is 0 Å². The van der Waals surface area contributed by atoms with Crippen LogP contribution in [0, 0.1) is 5.82 Å². The summed E-state index contributed by atoms with van der Waals surface area (Å²) in [6.45, 7) is 4.15. The van der Waals surface area contributed by atoms with Crippen LogP contribution in [-0.4, -0.2) is 26.1 Å². The molecule has 1 amide bonds. The minimum Gasteiger partial charge on any atom is -0.324 e. The summed E-state index contributed by atoms with van der Waals surface area (Å²) in [7, 11) is 0. The molecule has 128 valence electrons. The molecule has 3 aromatic rings. The van der Waals surface area contributed by atoms with Gasteiger partial charge in [-0.2, -0.15) is 4.80 Å². The lowest BCUT2D eigenvalue weighted by molar-refractivity contribution is -0.117. The molecular formula is C18H18FN5O. The molecule has 0 unspecified atom stereocenters. The Hall–Kier alpha value is -3.09. The SMILES string of the molecule is CC(C)c1ccc(-c2nnn(CC(=O)Nc3cccc(F)c3)n2)cc1. The Kier molecular flexibility index (Phi) is 4.83. The van der Waals surface area contributed by atoms with Gasteiger partial charge in [0.25, 0.3) is 0 Å². The highest BCUT2D eigenvalue weighted by Crippen LogP contribution is 2.19. The molecule has 0 aliphatic heterocycles. The summed E-state index contributed by atoms with van der Waals surface area (Å²) in [4.78, 5) is 13.2. The highest BCUT2D eigenvalue weighted by atomic mass is 19.1. The smallest absolute Gasteiger partial charge is 0.248 e. The Morgan fingerprint density at radius 2 is 1.96 bits per heavy atom. The average Bonchev–Trinajstić information content (AvgIpc) is 3.03. The van der Waals surface area contributed by atoms with Crippen LogP contribution in [0.15, 0.2) is 48.5 Å². The number of anilines is 1.